The van der Waals surface area contributed by atoms with Crippen molar-refractivity contribution in [2.75, 3.05) is 0 Å². The Morgan fingerprint density at radius 1 is 0.538 bits per heavy atom. The number of hydrogen-bond acceptors (Lipinski definition) is 1. The van der Waals surface area contributed by atoms with Crippen LogP contribution in [0.5, 0.6) is 0 Å². The molecule has 1 heteroatoms. The van der Waals surface area contributed by atoms with E-state index >= 15 is 0 Å². The zero-order valence-electron chi connectivity index (χ0n) is 16.8. The van der Waals surface area contributed by atoms with Crippen LogP contribution in [0.15, 0.2) is 12.1 Å². The van der Waals surface area contributed by atoms with Gasteiger partial charge in [0.15, 0.2) is 0 Å². The maximum atomic E-state index is 6.28. The molecule has 0 amide bonds. The van der Waals surface area contributed by atoms with Gasteiger partial charge in [-0.3, -0.25) is 0 Å². The summed E-state index contributed by atoms with van der Waals surface area (Å²) in [7, 11) is 0. The van der Waals surface area contributed by atoms with E-state index in [1.165, 1.54) is 102 Å². The summed E-state index contributed by atoms with van der Waals surface area (Å²) in [5.74, 6) is 2.42. The normalized spacial score (nSPS) is 24.0. The molecule has 1 aromatic rings. The molecule has 4 rings (SSSR count). The standard InChI is InChI=1S/C25H39N/c26-18-22-16-24(20-12-6-2-7-13-20)25(21-14-8-3-9-15-21)17-23(22)19-10-4-1-5-11-19/h16-17,19-21H,1-15,18,26H2. The first kappa shape index (κ1) is 18.5. The zero-order valence-corrected chi connectivity index (χ0v) is 16.8. The van der Waals surface area contributed by atoms with E-state index in [0.717, 1.165) is 24.3 Å². The second kappa shape index (κ2) is 8.91. The molecule has 3 aliphatic carbocycles. The molecule has 3 saturated carbocycles. The van der Waals surface area contributed by atoms with Crippen molar-refractivity contribution in [3.8, 4) is 0 Å². The Kier molecular flexibility index (Phi) is 6.36. The van der Waals surface area contributed by atoms with Crippen LogP contribution < -0.4 is 5.73 Å². The quantitative estimate of drug-likeness (QED) is 0.604. The van der Waals surface area contributed by atoms with Crippen molar-refractivity contribution in [3.63, 3.8) is 0 Å². The highest BCUT2D eigenvalue weighted by molar-refractivity contribution is 5.44. The number of rotatable bonds is 4. The third-order valence-corrected chi connectivity index (χ3v) is 7.70. The third kappa shape index (κ3) is 4.03. The second-order valence-electron chi connectivity index (χ2n) is 9.39. The molecule has 144 valence electrons. The highest BCUT2D eigenvalue weighted by atomic mass is 14.5. The van der Waals surface area contributed by atoms with Crippen molar-refractivity contribution in [2.45, 2.75) is 121 Å². The van der Waals surface area contributed by atoms with Crippen LogP contribution in [0.3, 0.4) is 0 Å². The minimum Gasteiger partial charge on any atom is -0.326 e. The van der Waals surface area contributed by atoms with Gasteiger partial charge < -0.3 is 5.73 Å². The molecule has 26 heavy (non-hydrogen) atoms. The second-order valence-corrected chi connectivity index (χ2v) is 9.39. The van der Waals surface area contributed by atoms with E-state index in [1.54, 1.807) is 16.7 Å². The van der Waals surface area contributed by atoms with Crippen LogP contribution in [0.4, 0.5) is 0 Å². The summed E-state index contributed by atoms with van der Waals surface area (Å²) < 4.78 is 0. The van der Waals surface area contributed by atoms with E-state index < -0.39 is 0 Å². The summed E-state index contributed by atoms with van der Waals surface area (Å²) >= 11 is 0. The molecule has 0 heterocycles. The van der Waals surface area contributed by atoms with Crippen LogP contribution in [0, 0.1) is 0 Å². The fourth-order valence-electron chi connectivity index (χ4n) is 6.20. The van der Waals surface area contributed by atoms with Crippen LogP contribution >= 0.6 is 0 Å². The zero-order chi connectivity index (χ0) is 17.8. The molecule has 3 aliphatic rings. The largest absolute Gasteiger partial charge is 0.326 e. The van der Waals surface area contributed by atoms with Crippen LogP contribution in [0.25, 0.3) is 0 Å². The molecule has 0 saturated heterocycles. The van der Waals surface area contributed by atoms with E-state index in [2.05, 4.69) is 12.1 Å². The number of benzene rings is 1. The van der Waals surface area contributed by atoms with E-state index in [4.69, 9.17) is 5.73 Å². The lowest BCUT2D eigenvalue weighted by Gasteiger charge is -2.33. The lowest BCUT2D eigenvalue weighted by Crippen LogP contribution is -2.17. The molecule has 0 spiro atoms. The maximum absolute atomic E-state index is 6.28. The summed E-state index contributed by atoms with van der Waals surface area (Å²) in [5.41, 5.74) is 12.9. The van der Waals surface area contributed by atoms with E-state index in [0.29, 0.717) is 0 Å². The Morgan fingerprint density at radius 3 is 1.35 bits per heavy atom. The Hall–Kier alpha value is -0.820. The Balaban J connectivity index is 1.72. The van der Waals surface area contributed by atoms with Crippen molar-refractivity contribution in [1.29, 1.82) is 0 Å². The van der Waals surface area contributed by atoms with Crippen LogP contribution in [0.1, 0.15) is 136 Å². The first-order valence-corrected chi connectivity index (χ1v) is 11.7. The molecule has 0 radical (unpaired) electrons. The van der Waals surface area contributed by atoms with Gasteiger partial charge in [-0.15, -0.1) is 0 Å². The molecule has 0 bridgehead atoms. The SMILES string of the molecule is NCc1cc(C2CCCCC2)c(C2CCCCC2)cc1C1CCCCC1. The summed E-state index contributed by atoms with van der Waals surface area (Å²) in [5, 5.41) is 0. The molecule has 0 aliphatic heterocycles. The predicted octanol–water partition coefficient (Wildman–Crippen LogP) is 7.29. The van der Waals surface area contributed by atoms with E-state index in [1.807, 2.05) is 0 Å². The van der Waals surface area contributed by atoms with Crippen LogP contribution in [-0.4, -0.2) is 0 Å². The van der Waals surface area contributed by atoms with Gasteiger partial charge in [-0.1, -0.05) is 69.9 Å². The van der Waals surface area contributed by atoms with Crippen molar-refractivity contribution >= 4 is 0 Å². The summed E-state index contributed by atoms with van der Waals surface area (Å²) in [6, 6.07) is 5.29. The van der Waals surface area contributed by atoms with Gasteiger partial charge in [0.2, 0.25) is 0 Å². The lowest BCUT2D eigenvalue weighted by atomic mass is 9.72. The predicted molar refractivity (Wildman–Crippen MR) is 112 cm³/mol. The topological polar surface area (TPSA) is 26.0 Å². The minimum absolute atomic E-state index is 0.733. The van der Waals surface area contributed by atoms with E-state index in [-0.39, 0.29) is 0 Å². The smallest absolute Gasteiger partial charge is 0.0181 e. The molecular formula is C25H39N. The van der Waals surface area contributed by atoms with Gasteiger partial charge in [0.05, 0.1) is 0 Å². The van der Waals surface area contributed by atoms with E-state index in [9.17, 15) is 0 Å². The maximum Gasteiger partial charge on any atom is 0.0181 e. The first-order chi connectivity index (χ1) is 12.9. The summed E-state index contributed by atoms with van der Waals surface area (Å²) in [6.07, 6.45) is 21.3. The monoisotopic (exact) mass is 353 g/mol. The number of hydrogen-bond donors (Lipinski definition) is 1. The average molecular weight is 354 g/mol. The molecule has 1 aromatic carbocycles. The first-order valence-electron chi connectivity index (χ1n) is 11.7. The molecular weight excluding hydrogens is 314 g/mol. The fraction of sp³-hybridized carbons (Fsp3) is 0.760. The summed E-state index contributed by atoms with van der Waals surface area (Å²) in [6.45, 7) is 0.733. The Morgan fingerprint density at radius 2 is 0.923 bits per heavy atom. The highest BCUT2D eigenvalue weighted by Gasteiger charge is 2.27. The molecule has 0 atom stereocenters. The Bertz CT molecular complexity index is 572. The van der Waals surface area contributed by atoms with Crippen LogP contribution in [-0.2, 0) is 6.54 Å². The van der Waals surface area contributed by atoms with Gasteiger partial charge in [-0.2, -0.15) is 0 Å². The molecule has 0 unspecified atom stereocenters. The van der Waals surface area contributed by atoms with Gasteiger partial charge in [0, 0.05) is 6.54 Å². The van der Waals surface area contributed by atoms with Gasteiger partial charge in [0.1, 0.15) is 0 Å². The van der Waals surface area contributed by atoms with Crippen molar-refractivity contribution in [2.24, 2.45) is 5.73 Å². The molecule has 3 fully saturated rings. The van der Waals surface area contributed by atoms with Crippen LogP contribution in [0.2, 0.25) is 0 Å². The third-order valence-electron chi connectivity index (χ3n) is 7.70. The minimum atomic E-state index is 0.733. The Labute approximate surface area is 161 Å². The van der Waals surface area contributed by atoms with Gasteiger partial charge in [-0.25, -0.2) is 0 Å². The molecule has 0 aromatic heterocycles. The average Bonchev–Trinajstić information content (AvgIpc) is 2.74. The highest BCUT2D eigenvalue weighted by Crippen LogP contribution is 2.44. The van der Waals surface area contributed by atoms with Crippen molar-refractivity contribution < 1.29 is 0 Å². The van der Waals surface area contributed by atoms with Gasteiger partial charge >= 0.3 is 0 Å². The van der Waals surface area contributed by atoms with Gasteiger partial charge in [-0.05, 0) is 78.5 Å². The van der Waals surface area contributed by atoms with Crippen molar-refractivity contribution in [3.05, 3.63) is 34.4 Å². The molecule has 2 N–H and O–H groups in total. The molecule has 1 nitrogen and oxygen atoms in total. The van der Waals surface area contributed by atoms with Crippen molar-refractivity contribution in [1.82, 2.24) is 0 Å². The summed E-state index contributed by atoms with van der Waals surface area (Å²) in [4.78, 5) is 0. The lowest BCUT2D eigenvalue weighted by molar-refractivity contribution is 0.415. The van der Waals surface area contributed by atoms with Gasteiger partial charge in [0.25, 0.3) is 0 Å². The fourth-order valence-corrected chi connectivity index (χ4v) is 6.20. The number of nitrogens with two attached hydrogens (primary N) is 1.